The normalized spacial score (nSPS) is 12.8. The molecule has 0 saturated carbocycles. The van der Waals surface area contributed by atoms with E-state index in [9.17, 15) is 4.79 Å². The monoisotopic (exact) mass is 226 g/mol. The molecule has 16 heavy (non-hydrogen) atoms. The number of carbonyl (C=O) groups is 1. The average Bonchev–Trinajstić information content (AvgIpc) is 2.66. The highest BCUT2D eigenvalue weighted by atomic mass is 16.5. The maximum Gasteiger partial charge on any atom is 0.273 e. The summed E-state index contributed by atoms with van der Waals surface area (Å²) in [6.07, 6.45) is 0. The van der Waals surface area contributed by atoms with E-state index in [1.165, 1.54) is 0 Å². The van der Waals surface area contributed by atoms with Gasteiger partial charge in [0.05, 0.1) is 6.61 Å². The lowest BCUT2D eigenvalue weighted by Gasteiger charge is -2.10. The van der Waals surface area contributed by atoms with Gasteiger partial charge < -0.3 is 14.6 Å². The zero-order chi connectivity index (χ0) is 12.1. The van der Waals surface area contributed by atoms with Crippen LogP contribution in [-0.2, 0) is 4.74 Å². The number of hydrogen-bond donors (Lipinski definition) is 1. The molecule has 5 nitrogen and oxygen atoms in total. The molecule has 0 fully saturated rings. The lowest BCUT2D eigenvalue weighted by atomic mass is 10.1. The SMILES string of the molecule is COCC(C)NC(=O)c1cc(C(C)C)on1. The first-order valence-electron chi connectivity index (χ1n) is 5.31. The first kappa shape index (κ1) is 12.7. The standard InChI is InChI=1S/C11H18N2O3/c1-7(2)10-5-9(13-16-10)11(14)12-8(3)6-15-4/h5,7-8H,6H2,1-4H3,(H,12,14). The van der Waals surface area contributed by atoms with Crippen LogP contribution in [0, 0.1) is 0 Å². The van der Waals surface area contributed by atoms with Crippen LogP contribution in [0.5, 0.6) is 0 Å². The second-order valence-corrected chi connectivity index (χ2v) is 4.10. The zero-order valence-corrected chi connectivity index (χ0v) is 10.1. The van der Waals surface area contributed by atoms with Crippen LogP contribution < -0.4 is 5.32 Å². The Bertz CT molecular complexity index is 347. The van der Waals surface area contributed by atoms with E-state index in [2.05, 4.69) is 10.5 Å². The minimum atomic E-state index is -0.236. The van der Waals surface area contributed by atoms with Crippen molar-refractivity contribution in [1.29, 1.82) is 0 Å². The number of nitrogens with one attached hydrogen (secondary N) is 1. The van der Waals surface area contributed by atoms with E-state index in [0.717, 1.165) is 0 Å². The van der Waals surface area contributed by atoms with Gasteiger partial charge in [0, 0.05) is 25.1 Å². The lowest BCUT2D eigenvalue weighted by Crippen LogP contribution is -2.35. The zero-order valence-electron chi connectivity index (χ0n) is 10.1. The molecule has 0 aliphatic carbocycles. The summed E-state index contributed by atoms with van der Waals surface area (Å²) in [6, 6.07) is 1.62. The molecule has 1 aromatic heterocycles. The van der Waals surface area contributed by atoms with E-state index < -0.39 is 0 Å². The second kappa shape index (κ2) is 5.65. The summed E-state index contributed by atoms with van der Waals surface area (Å²) < 4.78 is 9.97. The smallest absolute Gasteiger partial charge is 0.273 e. The van der Waals surface area contributed by atoms with Gasteiger partial charge in [-0.2, -0.15) is 0 Å². The Morgan fingerprint density at radius 1 is 1.56 bits per heavy atom. The van der Waals surface area contributed by atoms with Crippen molar-refractivity contribution in [2.45, 2.75) is 32.7 Å². The third-order valence-electron chi connectivity index (χ3n) is 2.12. The van der Waals surface area contributed by atoms with Crippen LogP contribution in [0.1, 0.15) is 42.9 Å². The van der Waals surface area contributed by atoms with Crippen molar-refractivity contribution in [3.05, 3.63) is 17.5 Å². The van der Waals surface area contributed by atoms with Gasteiger partial charge in [0.15, 0.2) is 5.69 Å². The van der Waals surface area contributed by atoms with Gasteiger partial charge in [-0.15, -0.1) is 0 Å². The summed E-state index contributed by atoms with van der Waals surface area (Å²) in [4.78, 5) is 11.7. The topological polar surface area (TPSA) is 64.4 Å². The summed E-state index contributed by atoms with van der Waals surface area (Å²) in [5.41, 5.74) is 0.312. The highest BCUT2D eigenvalue weighted by molar-refractivity contribution is 5.92. The molecule has 0 aliphatic heterocycles. The molecule has 0 bridgehead atoms. The fourth-order valence-corrected chi connectivity index (χ4v) is 1.26. The van der Waals surface area contributed by atoms with Crippen LogP contribution in [0.25, 0.3) is 0 Å². The number of hydrogen-bond acceptors (Lipinski definition) is 4. The van der Waals surface area contributed by atoms with E-state index in [-0.39, 0.29) is 17.9 Å². The van der Waals surface area contributed by atoms with Crippen LogP contribution >= 0.6 is 0 Å². The molecule has 1 heterocycles. The van der Waals surface area contributed by atoms with Crippen LogP contribution in [-0.4, -0.2) is 30.8 Å². The molecule has 1 unspecified atom stereocenters. The van der Waals surface area contributed by atoms with Gasteiger partial charge in [-0.1, -0.05) is 19.0 Å². The van der Waals surface area contributed by atoms with E-state index in [1.807, 2.05) is 20.8 Å². The lowest BCUT2D eigenvalue weighted by molar-refractivity contribution is 0.0896. The highest BCUT2D eigenvalue weighted by Crippen LogP contribution is 2.14. The minimum absolute atomic E-state index is 0.0447. The van der Waals surface area contributed by atoms with Crippen molar-refractivity contribution in [3.8, 4) is 0 Å². The van der Waals surface area contributed by atoms with Crippen LogP contribution in [0.15, 0.2) is 10.6 Å². The van der Waals surface area contributed by atoms with Gasteiger partial charge >= 0.3 is 0 Å². The van der Waals surface area contributed by atoms with Gasteiger partial charge in [0.25, 0.3) is 5.91 Å². The highest BCUT2D eigenvalue weighted by Gasteiger charge is 2.15. The molecule has 1 atom stereocenters. The molecule has 1 aromatic rings. The van der Waals surface area contributed by atoms with Gasteiger partial charge in [-0.25, -0.2) is 0 Å². The fraction of sp³-hybridized carbons (Fsp3) is 0.636. The van der Waals surface area contributed by atoms with Gasteiger partial charge in [-0.05, 0) is 6.92 Å². The average molecular weight is 226 g/mol. The Labute approximate surface area is 95.1 Å². The van der Waals surface area contributed by atoms with Crippen molar-refractivity contribution in [1.82, 2.24) is 10.5 Å². The number of ether oxygens (including phenoxy) is 1. The molecular weight excluding hydrogens is 208 g/mol. The maximum atomic E-state index is 11.7. The second-order valence-electron chi connectivity index (χ2n) is 4.10. The van der Waals surface area contributed by atoms with Gasteiger partial charge in [0.2, 0.25) is 0 Å². The van der Waals surface area contributed by atoms with Crippen molar-refractivity contribution >= 4 is 5.91 Å². The predicted octanol–water partition coefficient (Wildman–Crippen LogP) is 1.56. The van der Waals surface area contributed by atoms with Crippen molar-refractivity contribution < 1.29 is 14.1 Å². The molecule has 1 amide bonds. The Morgan fingerprint density at radius 3 is 2.75 bits per heavy atom. The van der Waals surface area contributed by atoms with Crippen LogP contribution in [0.4, 0.5) is 0 Å². The molecule has 0 saturated heterocycles. The quantitative estimate of drug-likeness (QED) is 0.827. The van der Waals surface area contributed by atoms with E-state index in [0.29, 0.717) is 18.1 Å². The number of rotatable bonds is 5. The van der Waals surface area contributed by atoms with Gasteiger partial charge in [-0.3, -0.25) is 4.79 Å². The summed E-state index contributed by atoms with van der Waals surface area (Å²) in [7, 11) is 1.59. The third-order valence-corrected chi connectivity index (χ3v) is 2.12. The van der Waals surface area contributed by atoms with Crippen molar-refractivity contribution in [2.75, 3.05) is 13.7 Å². The number of methoxy groups -OCH3 is 1. The minimum Gasteiger partial charge on any atom is -0.383 e. The maximum absolute atomic E-state index is 11.7. The number of amides is 1. The van der Waals surface area contributed by atoms with E-state index >= 15 is 0 Å². The largest absolute Gasteiger partial charge is 0.383 e. The summed E-state index contributed by atoms with van der Waals surface area (Å²) in [5.74, 6) is 0.704. The number of aromatic nitrogens is 1. The van der Waals surface area contributed by atoms with Gasteiger partial charge in [0.1, 0.15) is 5.76 Å². The molecular formula is C11H18N2O3. The predicted molar refractivity (Wildman–Crippen MR) is 59.4 cm³/mol. The molecule has 1 N–H and O–H groups in total. The first-order chi connectivity index (χ1) is 7.54. The number of carbonyl (C=O) groups excluding carboxylic acids is 1. The summed E-state index contributed by atoms with van der Waals surface area (Å²) in [6.45, 7) is 6.30. The first-order valence-corrected chi connectivity index (χ1v) is 5.31. The third kappa shape index (κ3) is 3.34. The van der Waals surface area contributed by atoms with Crippen LogP contribution in [0.3, 0.4) is 0 Å². The number of nitrogens with zero attached hydrogens (tertiary/aromatic N) is 1. The molecule has 0 aromatic carbocycles. The van der Waals surface area contributed by atoms with Crippen molar-refractivity contribution in [2.24, 2.45) is 0 Å². The summed E-state index contributed by atoms with van der Waals surface area (Å²) >= 11 is 0. The fourth-order valence-electron chi connectivity index (χ4n) is 1.26. The molecule has 0 aliphatic rings. The van der Waals surface area contributed by atoms with E-state index in [1.54, 1.807) is 13.2 Å². The molecule has 0 radical (unpaired) electrons. The molecule has 0 spiro atoms. The molecule has 90 valence electrons. The summed E-state index contributed by atoms with van der Waals surface area (Å²) in [5, 5.41) is 6.49. The Morgan fingerprint density at radius 2 is 2.25 bits per heavy atom. The molecule has 1 rings (SSSR count). The van der Waals surface area contributed by atoms with Crippen molar-refractivity contribution in [3.63, 3.8) is 0 Å². The molecule has 5 heteroatoms. The van der Waals surface area contributed by atoms with Crippen LogP contribution in [0.2, 0.25) is 0 Å². The van der Waals surface area contributed by atoms with E-state index in [4.69, 9.17) is 9.26 Å². The Hall–Kier alpha value is -1.36. The Kier molecular flexibility index (Phi) is 4.49. The Balaban J connectivity index is 2.59.